The van der Waals surface area contributed by atoms with E-state index in [0.29, 0.717) is 41.3 Å². The molecule has 1 N–H and O–H groups in total. The third-order valence-electron chi connectivity index (χ3n) is 5.31. The Morgan fingerprint density at radius 3 is 2.61 bits per heavy atom. The van der Waals surface area contributed by atoms with Crippen molar-refractivity contribution in [1.82, 2.24) is 19.4 Å². The van der Waals surface area contributed by atoms with Gasteiger partial charge in [-0.2, -0.15) is 0 Å². The third-order valence-corrected chi connectivity index (χ3v) is 5.31. The summed E-state index contributed by atoms with van der Waals surface area (Å²) in [7, 11) is 3.03. The zero-order chi connectivity index (χ0) is 22.0. The fourth-order valence-electron chi connectivity index (χ4n) is 3.70. The number of benzene rings is 2. The first kappa shape index (κ1) is 20.5. The van der Waals surface area contributed by atoms with E-state index < -0.39 is 0 Å². The van der Waals surface area contributed by atoms with E-state index in [0.717, 1.165) is 10.9 Å². The van der Waals surface area contributed by atoms with Gasteiger partial charge in [0.1, 0.15) is 12.4 Å². The first-order valence-electron chi connectivity index (χ1n) is 9.95. The van der Waals surface area contributed by atoms with Crippen LogP contribution in [-0.2, 0) is 17.9 Å². The number of aromatic nitrogens is 3. The third kappa shape index (κ3) is 3.96. The van der Waals surface area contributed by atoms with Crippen LogP contribution < -0.4 is 20.3 Å². The van der Waals surface area contributed by atoms with Crippen molar-refractivity contribution in [2.24, 2.45) is 0 Å². The first-order chi connectivity index (χ1) is 15.0. The van der Waals surface area contributed by atoms with E-state index in [4.69, 9.17) is 9.47 Å². The SMILES string of the molecule is COc1cc2nc(C)n(CC(=O)NCCn3ccc4ccccc43)c(=O)c2cc1OC. The van der Waals surface area contributed by atoms with Gasteiger partial charge in [-0.05, 0) is 30.5 Å². The Labute approximate surface area is 179 Å². The van der Waals surface area contributed by atoms with Crippen LogP contribution in [0.15, 0.2) is 53.5 Å². The van der Waals surface area contributed by atoms with E-state index in [1.54, 1.807) is 19.1 Å². The molecule has 1 amide bonds. The lowest BCUT2D eigenvalue weighted by molar-refractivity contribution is -0.121. The van der Waals surface area contributed by atoms with Crippen LogP contribution in [0, 0.1) is 6.92 Å². The molecule has 0 radical (unpaired) electrons. The number of methoxy groups -OCH3 is 2. The van der Waals surface area contributed by atoms with Gasteiger partial charge in [0.05, 0.1) is 25.1 Å². The minimum Gasteiger partial charge on any atom is -0.493 e. The maximum Gasteiger partial charge on any atom is 0.262 e. The number of hydrogen-bond donors (Lipinski definition) is 1. The summed E-state index contributed by atoms with van der Waals surface area (Å²) < 4.78 is 14.0. The minimum absolute atomic E-state index is 0.103. The molecule has 0 saturated heterocycles. The number of ether oxygens (including phenoxy) is 2. The number of carbonyl (C=O) groups excluding carboxylic acids is 1. The number of nitrogens with one attached hydrogen (secondary N) is 1. The molecule has 160 valence electrons. The van der Waals surface area contributed by atoms with Crippen molar-refractivity contribution in [3.63, 3.8) is 0 Å². The molecule has 2 aromatic heterocycles. The van der Waals surface area contributed by atoms with Crippen molar-refractivity contribution >= 4 is 27.7 Å². The number of rotatable bonds is 7. The Hall–Kier alpha value is -3.81. The van der Waals surface area contributed by atoms with Crippen LogP contribution in [0.2, 0.25) is 0 Å². The average molecular weight is 420 g/mol. The number of para-hydroxylation sites is 1. The quantitative estimate of drug-likeness (QED) is 0.496. The van der Waals surface area contributed by atoms with Crippen LogP contribution >= 0.6 is 0 Å². The highest BCUT2D eigenvalue weighted by atomic mass is 16.5. The molecular weight excluding hydrogens is 396 g/mol. The summed E-state index contributed by atoms with van der Waals surface area (Å²) in [6.07, 6.45) is 2.00. The Morgan fingerprint density at radius 1 is 1.10 bits per heavy atom. The van der Waals surface area contributed by atoms with Gasteiger partial charge in [-0.3, -0.25) is 14.2 Å². The standard InChI is InChI=1S/C23H24N4O4/c1-15-25-18-13-21(31-3)20(30-2)12-17(18)23(29)27(15)14-22(28)24-9-11-26-10-8-16-6-4-5-7-19(16)26/h4-8,10,12-13H,9,11,14H2,1-3H3,(H,24,28). The highest BCUT2D eigenvalue weighted by Crippen LogP contribution is 2.30. The maximum atomic E-state index is 13.0. The second kappa shape index (κ2) is 8.51. The number of aryl methyl sites for hydroxylation is 1. The Bertz CT molecular complexity index is 1320. The van der Waals surface area contributed by atoms with E-state index in [1.165, 1.54) is 18.8 Å². The molecule has 0 aliphatic rings. The Kier molecular flexibility index (Phi) is 5.62. The summed E-state index contributed by atoms with van der Waals surface area (Å²) in [6.45, 7) is 2.70. The van der Waals surface area contributed by atoms with E-state index >= 15 is 0 Å². The summed E-state index contributed by atoms with van der Waals surface area (Å²) in [5.74, 6) is 1.14. The van der Waals surface area contributed by atoms with E-state index in [1.807, 2.05) is 30.5 Å². The van der Waals surface area contributed by atoms with Crippen molar-refractivity contribution in [1.29, 1.82) is 0 Å². The van der Waals surface area contributed by atoms with Gasteiger partial charge in [-0.15, -0.1) is 0 Å². The molecular formula is C23H24N4O4. The molecule has 8 nitrogen and oxygen atoms in total. The van der Waals surface area contributed by atoms with Gasteiger partial charge in [0.25, 0.3) is 5.56 Å². The molecule has 2 aromatic carbocycles. The molecule has 0 saturated carbocycles. The molecule has 4 aromatic rings. The van der Waals surface area contributed by atoms with Gasteiger partial charge in [-0.25, -0.2) is 4.98 Å². The van der Waals surface area contributed by atoms with E-state index in [9.17, 15) is 9.59 Å². The molecule has 2 heterocycles. The predicted molar refractivity (Wildman–Crippen MR) is 119 cm³/mol. The maximum absolute atomic E-state index is 13.0. The molecule has 31 heavy (non-hydrogen) atoms. The Morgan fingerprint density at radius 2 is 1.84 bits per heavy atom. The summed E-state index contributed by atoms with van der Waals surface area (Å²) in [4.78, 5) is 30.0. The summed E-state index contributed by atoms with van der Waals surface area (Å²) >= 11 is 0. The highest BCUT2D eigenvalue weighted by Gasteiger charge is 2.15. The lowest BCUT2D eigenvalue weighted by Gasteiger charge is -2.13. The molecule has 4 rings (SSSR count). The fraction of sp³-hybridized carbons (Fsp3) is 0.261. The number of amides is 1. The zero-order valence-electron chi connectivity index (χ0n) is 17.7. The van der Waals surface area contributed by atoms with Crippen LogP contribution in [0.1, 0.15) is 5.82 Å². The highest BCUT2D eigenvalue weighted by molar-refractivity contribution is 5.83. The molecule has 0 unspecified atom stereocenters. The minimum atomic E-state index is -0.296. The van der Waals surface area contributed by atoms with Gasteiger partial charge in [0.15, 0.2) is 11.5 Å². The number of fused-ring (bicyclic) bond motifs is 2. The van der Waals surface area contributed by atoms with Crippen molar-refractivity contribution in [3.8, 4) is 11.5 Å². The number of nitrogens with zero attached hydrogens (tertiary/aromatic N) is 3. The van der Waals surface area contributed by atoms with Gasteiger partial charge in [0, 0.05) is 30.9 Å². The normalized spacial score (nSPS) is 11.1. The molecule has 0 atom stereocenters. The van der Waals surface area contributed by atoms with Gasteiger partial charge in [0.2, 0.25) is 5.91 Å². The van der Waals surface area contributed by atoms with Crippen molar-refractivity contribution in [3.05, 3.63) is 64.8 Å². The number of carbonyl (C=O) groups is 1. The predicted octanol–water partition coefficient (Wildman–Crippen LogP) is 2.49. The van der Waals surface area contributed by atoms with Gasteiger partial charge in [-0.1, -0.05) is 18.2 Å². The van der Waals surface area contributed by atoms with Gasteiger partial charge < -0.3 is 19.4 Å². The van der Waals surface area contributed by atoms with Crippen molar-refractivity contribution < 1.29 is 14.3 Å². The van der Waals surface area contributed by atoms with Crippen LogP contribution in [0.4, 0.5) is 0 Å². The lowest BCUT2D eigenvalue weighted by Crippen LogP contribution is -2.35. The lowest BCUT2D eigenvalue weighted by atomic mass is 10.2. The fourth-order valence-corrected chi connectivity index (χ4v) is 3.70. The topological polar surface area (TPSA) is 87.4 Å². The Balaban J connectivity index is 1.49. The first-order valence-corrected chi connectivity index (χ1v) is 9.95. The van der Waals surface area contributed by atoms with E-state index in [-0.39, 0.29) is 18.0 Å². The monoisotopic (exact) mass is 420 g/mol. The molecule has 8 heteroatoms. The number of hydrogen-bond acceptors (Lipinski definition) is 5. The molecule has 0 bridgehead atoms. The van der Waals surface area contributed by atoms with Gasteiger partial charge >= 0.3 is 0 Å². The van der Waals surface area contributed by atoms with Crippen LogP contribution in [-0.4, -0.2) is 40.8 Å². The summed E-state index contributed by atoms with van der Waals surface area (Å²) in [5.41, 5.74) is 1.32. The van der Waals surface area contributed by atoms with E-state index in [2.05, 4.69) is 20.9 Å². The largest absolute Gasteiger partial charge is 0.493 e. The van der Waals surface area contributed by atoms with Crippen molar-refractivity contribution in [2.45, 2.75) is 20.0 Å². The summed E-state index contributed by atoms with van der Waals surface area (Å²) in [6, 6.07) is 13.4. The molecule has 0 aliphatic carbocycles. The second-order valence-corrected chi connectivity index (χ2v) is 7.19. The second-order valence-electron chi connectivity index (χ2n) is 7.19. The summed E-state index contributed by atoms with van der Waals surface area (Å²) in [5, 5.41) is 4.41. The smallest absolute Gasteiger partial charge is 0.262 e. The zero-order valence-corrected chi connectivity index (χ0v) is 17.7. The van der Waals surface area contributed by atoms with Crippen LogP contribution in [0.25, 0.3) is 21.8 Å². The molecule has 0 fully saturated rings. The molecule has 0 aliphatic heterocycles. The van der Waals surface area contributed by atoms with Crippen LogP contribution in [0.3, 0.4) is 0 Å². The average Bonchev–Trinajstić information content (AvgIpc) is 3.19. The molecule has 0 spiro atoms. The van der Waals surface area contributed by atoms with Crippen LogP contribution in [0.5, 0.6) is 11.5 Å². The van der Waals surface area contributed by atoms with Crippen molar-refractivity contribution in [2.75, 3.05) is 20.8 Å².